The molecule has 0 spiro atoms. The van der Waals surface area contributed by atoms with Crippen molar-refractivity contribution in [2.24, 2.45) is 0 Å². The smallest absolute Gasteiger partial charge is 0.252 e. The third-order valence-electron chi connectivity index (χ3n) is 2.94. The highest BCUT2D eigenvalue weighted by molar-refractivity contribution is 5.97. The Labute approximate surface area is 106 Å². The highest BCUT2D eigenvalue weighted by Crippen LogP contribution is 2.18. The van der Waals surface area contributed by atoms with E-state index in [2.05, 4.69) is 5.32 Å². The van der Waals surface area contributed by atoms with Gasteiger partial charge in [-0.1, -0.05) is 6.07 Å². The van der Waals surface area contributed by atoms with Crippen molar-refractivity contribution in [1.82, 2.24) is 5.32 Å². The van der Waals surface area contributed by atoms with Crippen LogP contribution in [0.1, 0.15) is 34.6 Å². The lowest BCUT2D eigenvalue weighted by molar-refractivity contribution is 0.0935. The molecule has 1 heterocycles. The lowest BCUT2D eigenvalue weighted by Gasteiger charge is -2.13. The lowest BCUT2D eigenvalue weighted by Crippen LogP contribution is -2.27. The molecule has 0 saturated heterocycles. The fourth-order valence-corrected chi connectivity index (χ4v) is 1.78. The summed E-state index contributed by atoms with van der Waals surface area (Å²) in [6, 6.07) is 8.77. The molecule has 18 heavy (non-hydrogen) atoms. The second kappa shape index (κ2) is 4.96. The summed E-state index contributed by atoms with van der Waals surface area (Å²) in [7, 11) is 0. The minimum absolute atomic E-state index is 0.149. The average Bonchev–Trinajstić information content (AvgIpc) is 2.86. The fourth-order valence-electron chi connectivity index (χ4n) is 1.78. The molecule has 0 aliphatic heterocycles. The van der Waals surface area contributed by atoms with Crippen LogP contribution >= 0.6 is 0 Å². The molecule has 1 aromatic carbocycles. The Hall–Kier alpha value is -2.23. The molecule has 4 nitrogen and oxygen atoms in total. The summed E-state index contributed by atoms with van der Waals surface area (Å²) < 4.78 is 5.25. The number of amides is 1. The van der Waals surface area contributed by atoms with Crippen LogP contribution in [0.25, 0.3) is 0 Å². The molecule has 0 aliphatic carbocycles. The van der Waals surface area contributed by atoms with E-state index in [-0.39, 0.29) is 11.9 Å². The van der Waals surface area contributed by atoms with Crippen molar-refractivity contribution >= 4 is 11.6 Å². The Bertz CT molecular complexity index is 547. The number of hydrogen-bond acceptors (Lipinski definition) is 3. The topological polar surface area (TPSA) is 68.3 Å². The van der Waals surface area contributed by atoms with Crippen LogP contribution in [-0.4, -0.2) is 5.91 Å². The Kier molecular flexibility index (Phi) is 3.37. The zero-order chi connectivity index (χ0) is 13.1. The minimum atomic E-state index is -0.173. The Morgan fingerprint density at radius 3 is 2.78 bits per heavy atom. The van der Waals surface area contributed by atoms with E-state index in [0.717, 1.165) is 11.3 Å². The van der Waals surface area contributed by atoms with Gasteiger partial charge in [0.1, 0.15) is 5.76 Å². The van der Waals surface area contributed by atoms with Gasteiger partial charge in [-0.05, 0) is 43.7 Å². The van der Waals surface area contributed by atoms with Crippen LogP contribution in [0.2, 0.25) is 0 Å². The highest BCUT2D eigenvalue weighted by Gasteiger charge is 2.15. The normalized spacial score (nSPS) is 12.1. The first-order valence-electron chi connectivity index (χ1n) is 5.79. The molecule has 94 valence electrons. The molecule has 1 amide bonds. The number of nitrogens with one attached hydrogen (secondary N) is 1. The predicted molar refractivity (Wildman–Crippen MR) is 70.2 cm³/mol. The Morgan fingerprint density at radius 1 is 1.33 bits per heavy atom. The van der Waals surface area contributed by atoms with Crippen molar-refractivity contribution in [2.45, 2.75) is 19.9 Å². The summed E-state index contributed by atoms with van der Waals surface area (Å²) in [4.78, 5) is 12.1. The van der Waals surface area contributed by atoms with Crippen molar-refractivity contribution in [2.75, 3.05) is 5.73 Å². The summed E-state index contributed by atoms with van der Waals surface area (Å²) in [6.07, 6.45) is 1.59. The standard InChI is InChI=1S/C14H16N2O2/c1-9-11(5-3-6-12(9)15)14(17)16-10(2)13-7-4-8-18-13/h3-8,10H,15H2,1-2H3,(H,16,17). The van der Waals surface area contributed by atoms with Gasteiger partial charge in [-0.2, -0.15) is 0 Å². The first-order valence-corrected chi connectivity index (χ1v) is 5.79. The van der Waals surface area contributed by atoms with E-state index in [9.17, 15) is 4.79 Å². The maximum Gasteiger partial charge on any atom is 0.252 e. The summed E-state index contributed by atoms with van der Waals surface area (Å²) in [6.45, 7) is 3.71. The van der Waals surface area contributed by atoms with E-state index >= 15 is 0 Å². The van der Waals surface area contributed by atoms with Crippen molar-refractivity contribution in [3.05, 3.63) is 53.5 Å². The second-order valence-corrected chi connectivity index (χ2v) is 4.23. The zero-order valence-electron chi connectivity index (χ0n) is 10.4. The van der Waals surface area contributed by atoms with Gasteiger partial charge in [0, 0.05) is 11.3 Å². The van der Waals surface area contributed by atoms with E-state index in [4.69, 9.17) is 10.2 Å². The summed E-state index contributed by atoms with van der Waals surface area (Å²) in [5, 5.41) is 2.88. The predicted octanol–water partition coefficient (Wildman–Crippen LogP) is 2.66. The van der Waals surface area contributed by atoms with E-state index in [0.29, 0.717) is 11.3 Å². The van der Waals surface area contributed by atoms with Gasteiger partial charge < -0.3 is 15.5 Å². The summed E-state index contributed by atoms with van der Waals surface area (Å²) in [5.41, 5.74) is 7.79. The maximum absolute atomic E-state index is 12.1. The molecule has 2 aromatic rings. The summed E-state index contributed by atoms with van der Waals surface area (Å²) >= 11 is 0. The molecular weight excluding hydrogens is 228 g/mol. The van der Waals surface area contributed by atoms with Crippen LogP contribution < -0.4 is 11.1 Å². The minimum Gasteiger partial charge on any atom is -0.467 e. The number of nitrogens with two attached hydrogens (primary N) is 1. The van der Waals surface area contributed by atoms with Crippen LogP contribution in [0.5, 0.6) is 0 Å². The molecule has 0 fully saturated rings. The number of furan rings is 1. The second-order valence-electron chi connectivity index (χ2n) is 4.23. The molecule has 3 N–H and O–H groups in total. The third kappa shape index (κ3) is 2.37. The van der Waals surface area contributed by atoms with E-state index in [1.165, 1.54) is 0 Å². The number of hydrogen-bond donors (Lipinski definition) is 2. The van der Waals surface area contributed by atoms with Crippen LogP contribution in [0, 0.1) is 6.92 Å². The molecule has 2 rings (SSSR count). The average molecular weight is 244 g/mol. The molecule has 0 aliphatic rings. The lowest BCUT2D eigenvalue weighted by atomic mass is 10.1. The van der Waals surface area contributed by atoms with Crippen LogP contribution in [0.3, 0.4) is 0 Å². The Balaban J connectivity index is 2.15. The maximum atomic E-state index is 12.1. The number of rotatable bonds is 3. The van der Waals surface area contributed by atoms with Gasteiger partial charge in [0.05, 0.1) is 12.3 Å². The van der Waals surface area contributed by atoms with Gasteiger partial charge in [-0.25, -0.2) is 0 Å². The molecule has 0 saturated carbocycles. The highest BCUT2D eigenvalue weighted by atomic mass is 16.3. The van der Waals surface area contributed by atoms with E-state index in [1.54, 1.807) is 30.5 Å². The van der Waals surface area contributed by atoms with Crippen molar-refractivity contribution in [1.29, 1.82) is 0 Å². The van der Waals surface area contributed by atoms with Gasteiger partial charge in [0.2, 0.25) is 0 Å². The zero-order valence-corrected chi connectivity index (χ0v) is 10.4. The number of nitrogen functional groups attached to an aromatic ring is 1. The third-order valence-corrected chi connectivity index (χ3v) is 2.94. The Morgan fingerprint density at radius 2 is 2.11 bits per heavy atom. The molecule has 0 bridgehead atoms. The molecule has 1 aromatic heterocycles. The van der Waals surface area contributed by atoms with Gasteiger partial charge >= 0.3 is 0 Å². The number of carbonyl (C=O) groups is 1. The van der Waals surface area contributed by atoms with Gasteiger partial charge in [-0.15, -0.1) is 0 Å². The van der Waals surface area contributed by atoms with Crippen molar-refractivity contribution < 1.29 is 9.21 Å². The first-order chi connectivity index (χ1) is 8.59. The van der Waals surface area contributed by atoms with Crippen LogP contribution in [0.15, 0.2) is 41.0 Å². The molecular formula is C14H16N2O2. The quantitative estimate of drug-likeness (QED) is 0.815. The van der Waals surface area contributed by atoms with Gasteiger partial charge in [0.25, 0.3) is 5.91 Å². The number of carbonyl (C=O) groups excluding carboxylic acids is 1. The van der Waals surface area contributed by atoms with Crippen molar-refractivity contribution in [3.63, 3.8) is 0 Å². The van der Waals surface area contributed by atoms with Crippen LogP contribution in [-0.2, 0) is 0 Å². The molecule has 1 atom stereocenters. The number of anilines is 1. The van der Waals surface area contributed by atoms with Gasteiger partial charge in [-0.3, -0.25) is 4.79 Å². The fraction of sp³-hybridized carbons (Fsp3) is 0.214. The number of benzene rings is 1. The SMILES string of the molecule is Cc1c(N)cccc1C(=O)NC(C)c1ccco1. The molecule has 0 radical (unpaired) electrons. The molecule has 1 unspecified atom stereocenters. The van der Waals surface area contributed by atoms with E-state index < -0.39 is 0 Å². The molecule has 4 heteroatoms. The summed E-state index contributed by atoms with van der Waals surface area (Å²) in [5.74, 6) is 0.577. The van der Waals surface area contributed by atoms with Gasteiger partial charge in [0.15, 0.2) is 0 Å². The van der Waals surface area contributed by atoms with E-state index in [1.807, 2.05) is 19.9 Å². The first kappa shape index (κ1) is 12.2. The monoisotopic (exact) mass is 244 g/mol. The van der Waals surface area contributed by atoms with Crippen LogP contribution in [0.4, 0.5) is 5.69 Å². The van der Waals surface area contributed by atoms with Crippen molar-refractivity contribution in [3.8, 4) is 0 Å². The largest absolute Gasteiger partial charge is 0.467 e.